The molecule has 134 valence electrons. The van der Waals surface area contributed by atoms with Gasteiger partial charge in [-0.3, -0.25) is 0 Å². The van der Waals surface area contributed by atoms with Crippen LogP contribution in [0.5, 0.6) is 11.6 Å². The van der Waals surface area contributed by atoms with Crippen LogP contribution in [0.2, 0.25) is 0 Å². The lowest BCUT2D eigenvalue weighted by Crippen LogP contribution is -2.31. The number of hydrogen-bond acceptors (Lipinski definition) is 6. The van der Waals surface area contributed by atoms with Crippen LogP contribution in [0, 0.1) is 11.3 Å². The molecule has 7 nitrogen and oxygen atoms in total. The Labute approximate surface area is 151 Å². The van der Waals surface area contributed by atoms with Crippen molar-refractivity contribution in [2.75, 3.05) is 19.7 Å². The summed E-state index contributed by atoms with van der Waals surface area (Å²) in [6.07, 6.45) is 2.47. The number of rotatable bonds is 4. The number of pyridine rings is 1. The van der Waals surface area contributed by atoms with Gasteiger partial charge in [0, 0.05) is 25.2 Å². The van der Waals surface area contributed by atoms with Gasteiger partial charge in [-0.05, 0) is 24.1 Å². The quantitative estimate of drug-likeness (QED) is 0.813. The Morgan fingerprint density at radius 2 is 2.19 bits per heavy atom. The van der Waals surface area contributed by atoms with Crippen molar-refractivity contribution in [3.63, 3.8) is 0 Å². The van der Waals surface area contributed by atoms with E-state index in [0.29, 0.717) is 36.8 Å². The first kappa shape index (κ1) is 16.8. The summed E-state index contributed by atoms with van der Waals surface area (Å²) in [4.78, 5) is 4.30. The summed E-state index contributed by atoms with van der Waals surface area (Å²) in [5, 5.41) is 8.80. The Morgan fingerprint density at radius 3 is 2.96 bits per heavy atom. The van der Waals surface area contributed by atoms with E-state index in [0.717, 1.165) is 12.0 Å². The Kier molecular flexibility index (Phi) is 4.26. The van der Waals surface area contributed by atoms with Gasteiger partial charge in [-0.2, -0.15) is 9.57 Å². The number of nitrogens with zero attached hydrogens (tertiary/aromatic N) is 3. The highest BCUT2D eigenvalue weighted by molar-refractivity contribution is 7.89. The molecule has 1 saturated heterocycles. The van der Waals surface area contributed by atoms with E-state index in [2.05, 4.69) is 4.98 Å². The van der Waals surface area contributed by atoms with Crippen molar-refractivity contribution >= 4 is 10.0 Å². The second-order valence-corrected chi connectivity index (χ2v) is 8.14. The molecule has 0 bridgehead atoms. The number of sulfonamides is 1. The van der Waals surface area contributed by atoms with E-state index < -0.39 is 10.0 Å². The lowest BCUT2D eigenvalue weighted by atomic mass is 10.2. The van der Waals surface area contributed by atoms with E-state index in [1.807, 2.05) is 12.1 Å². The van der Waals surface area contributed by atoms with E-state index in [4.69, 9.17) is 14.7 Å². The van der Waals surface area contributed by atoms with Gasteiger partial charge in [0.05, 0.1) is 18.7 Å². The molecule has 4 rings (SSSR count). The zero-order valence-electron chi connectivity index (χ0n) is 14.0. The maximum Gasteiger partial charge on any atom is 0.246 e. The van der Waals surface area contributed by atoms with E-state index >= 15 is 0 Å². The summed E-state index contributed by atoms with van der Waals surface area (Å²) in [5.41, 5.74) is 1.38. The Hall–Kier alpha value is -2.63. The molecule has 8 heteroatoms. The molecule has 0 amide bonds. The van der Waals surface area contributed by atoms with E-state index in [9.17, 15) is 8.42 Å². The molecule has 0 radical (unpaired) electrons. The number of benzene rings is 1. The van der Waals surface area contributed by atoms with Crippen molar-refractivity contribution in [1.29, 1.82) is 5.26 Å². The van der Waals surface area contributed by atoms with Gasteiger partial charge < -0.3 is 9.47 Å². The summed E-state index contributed by atoms with van der Waals surface area (Å²) < 4.78 is 38.8. The monoisotopic (exact) mass is 371 g/mol. The maximum atomic E-state index is 13.0. The summed E-state index contributed by atoms with van der Waals surface area (Å²) in [5.74, 6) is 0.864. The molecule has 26 heavy (non-hydrogen) atoms. The molecular weight excluding hydrogens is 354 g/mol. The standard InChI is InChI=1S/C18H17N3O4S/c19-10-13-4-5-17(20-11-13)25-15-6-8-21(12-15)26(22,23)16-3-1-2-14-7-9-24-18(14)16/h1-5,11,15H,6-9,12H2. The molecular formula is C18H17N3O4S. The highest BCUT2D eigenvalue weighted by atomic mass is 32.2. The minimum Gasteiger partial charge on any atom is -0.492 e. The molecule has 0 saturated carbocycles. The van der Waals surface area contributed by atoms with Crippen LogP contribution in [0.1, 0.15) is 17.5 Å². The first-order valence-electron chi connectivity index (χ1n) is 8.35. The van der Waals surface area contributed by atoms with Gasteiger partial charge in [0.2, 0.25) is 15.9 Å². The first-order chi connectivity index (χ1) is 12.6. The van der Waals surface area contributed by atoms with Crippen LogP contribution >= 0.6 is 0 Å². The van der Waals surface area contributed by atoms with Crippen molar-refractivity contribution in [2.45, 2.75) is 23.8 Å². The zero-order chi connectivity index (χ0) is 18.1. The molecule has 1 unspecified atom stereocenters. The molecule has 1 aromatic heterocycles. The predicted molar refractivity (Wildman–Crippen MR) is 92.4 cm³/mol. The molecule has 0 spiro atoms. The highest BCUT2D eigenvalue weighted by Crippen LogP contribution is 2.35. The smallest absolute Gasteiger partial charge is 0.246 e. The van der Waals surface area contributed by atoms with Gasteiger partial charge in [0.15, 0.2) is 0 Å². The molecule has 2 aliphatic rings. The molecule has 0 N–H and O–H groups in total. The van der Waals surface area contributed by atoms with Crippen molar-refractivity contribution < 1.29 is 17.9 Å². The minimum atomic E-state index is -3.63. The molecule has 1 aromatic carbocycles. The minimum absolute atomic E-state index is 0.227. The van der Waals surface area contributed by atoms with Crippen LogP contribution in [0.25, 0.3) is 0 Å². The van der Waals surface area contributed by atoms with Gasteiger partial charge in [-0.15, -0.1) is 0 Å². The van der Waals surface area contributed by atoms with E-state index in [1.165, 1.54) is 10.5 Å². The maximum absolute atomic E-state index is 13.0. The summed E-state index contributed by atoms with van der Waals surface area (Å²) >= 11 is 0. The Balaban J connectivity index is 1.49. The number of nitriles is 1. The number of ether oxygens (including phenoxy) is 2. The fourth-order valence-corrected chi connectivity index (χ4v) is 4.89. The topological polar surface area (TPSA) is 92.5 Å². The van der Waals surface area contributed by atoms with Crippen molar-refractivity contribution in [3.8, 4) is 17.7 Å². The van der Waals surface area contributed by atoms with Crippen molar-refractivity contribution in [1.82, 2.24) is 9.29 Å². The third kappa shape index (κ3) is 3.00. The summed E-state index contributed by atoms with van der Waals surface area (Å²) in [7, 11) is -3.63. The largest absolute Gasteiger partial charge is 0.492 e. The second-order valence-electron chi connectivity index (χ2n) is 6.23. The Bertz CT molecular complexity index is 967. The van der Waals surface area contributed by atoms with Gasteiger partial charge in [-0.25, -0.2) is 13.4 Å². The second kappa shape index (κ2) is 6.59. The van der Waals surface area contributed by atoms with Crippen molar-refractivity contribution in [3.05, 3.63) is 47.7 Å². The highest BCUT2D eigenvalue weighted by Gasteiger charge is 2.36. The Morgan fingerprint density at radius 1 is 1.31 bits per heavy atom. The van der Waals surface area contributed by atoms with Gasteiger partial charge in [-0.1, -0.05) is 12.1 Å². The van der Waals surface area contributed by atoms with Gasteiger partial charge in [0.1, 0.15) is 22.8 Å². The first-order valence-corrected chi connectivity index (χ1v) is 9.79. The number of para-hydroxylation sites is 1. The molecule has 2 aromatic rings. The SMILES string of the molecule is N#Cc1ccc(OC2CCN(S(=O)(=O)c3cccc4c3OCC4)C2)nc1. The van der Waals surface area contributed by atoms with Gasteiger partial charge >= 0.3 is 0 Å². The third-order valence-corrected chi connectivity index (χ3v) is 6.45. The van der Waals surface area contributed by atoms with Crippen LogP contribution in [0.3, 0.4) is 0 Å². The van der Waals surface area contributed by atoms with Crippen LogP contribution < -0.4 is 9.47 Å². The lowest BCUT2D eigenvalue weighted by molar-refractivity contribution is 0.207. The summed E-state index contributed by atoms with van der Waals surface area (Å²) in [6, 6.07) is 10.5. The normalized spacial score (nSPS) is 19.6. The van der Waals surface area contributed by atoms with E-state index in [1.54, 1.807) is 24.3 Å². The van der Waals surface area contributed by atoms with Crippen LogP contribution in [-0.4, -0.2) is 43.5 Å². The fourth-order valence-electron chi connectivity index (χ4n) is 3.23. The zero-order valence-corrected chi connectivity index (χ0v) is 14.8. The predicted octanol–water partition coefficient (Wildman–Crippen LogP) is 1.73. The molecule has 1 atom stereocenters. The van der Waals surface area contributed by atoms with Crippen LogP contribution in [0.4, 0.5) is 0 Å². The van der Waals surface area contributed by atoms with Crippen molar-refractivity contribution in [2.24, 2.45) is 0 Å². The van der Waals surface area contributed by atoms with Gasteiger partial charge in [0.25, 0.3) is 0 Å². The van der Waals surface area contributed by atoms with Crippen LogP contribution in [-0.2, 0) is 16.4 Å². The average Bonchev–Trinajstić information content (AvgIpc) is 3.31. The lowest BCUT2D eigenvalue weighted by Gasteiger charge is -2.18. The van der Waals surface area contributed by atoms with Crippen LogP contribution in [0.15, 0.2) is 41.4 Å². The molecule has 2 aliphatic heterocycles. The summed E-state index contributed by atoms with van der Waals surface area (Å²) in [6.45, 7) is 1.15. The molecule has 3 heterocycles. The number of aromatic nitrogens is 1. The average molecular weight is 371 g/mol. The molecule has 0 aliphatic carbocycles. The molecule has 1 fully saturated rings. The number of fused-ring (bicyclic) bond motifs is 1. The van der Waals surface area contributed by atoms with E-state index in [-0.39, 0.29) is 17.5 Å². The fraction of sp³-hybridized carbons (Fsp3) is 0.333. The number of hydrogen-bond donors (Lipinski definition) is 0. The third-order valence-electron chi connectivity index (χ3n) is 4.56.